The standard InChI is InChI=1S/C38H40N10OS2/c50-37(42-24-28-23-41-34-10-3-1-8-32(28)34)46-18-14-44(15-19-46)30-6-5-7-31(22-30)49-48-27-29(33-9-2-4-11-35(33)48)25-43-38(51)47-20-16-45(17-21-47)36-26-39-12-13-40-36/h1-13,22,24-26,41H,14-21,23,27H2,(H,42,50)(H,43,51)/b28-24-,29-25-. The SMILES string of the molecule is S=C(N/C=C1/CNc2ccccc21)N1CCN(c2cccc(ON3C/C(=C/NC(=S)N4CCN(c5cnccn5)CC4)c4ccccc43)c2)CC1. The van der Waals surface area contributed by atoms with Gasteiger partial charge >= 0.3 is 0 Å². The van der Waals surface area contributed by atoms with E-state index in [1.807, 2.05) is 35.8 Å². The molecule has 0 spiro atoms. The lowest BCUT2D eigenvalue weighted by Gasteiger charge is -2.37. The van der Waals surface area contributed by atoms with Crippen molar-refractivity contribution in [1.29, 1.82) is 0 Å². The highest BCUT2D eigenvalue weighted by Gasteiger charge is 2.27. The third-order valence-corrected chi connectivity index (χ3v) is 10.5. The predicted molar refractivity (Wildman–Crippen MR) is 213 cm³/mol. The number of benzene rings is 3. The van der Waals surface area contributed by atoms with Crippen LogP contribution in [0.4, 0.5) is 22.9 Å². The summed E-state index contributed by atoms with van der Waals surface area (Å²) in [6.07, 6.45) is 9.30. The van der Waals surface area contributed by atoms with Gasteiger partial charge < -0.3 is 40.4 Å². The van der Waals surface area contributed by atoms with Gasteiger partial charge in [-0.15, -0.1) is 0 Å². The van der Waals surface area contributed by atoms with E-state index in [2.05, 4.69) is 106 Å². The predicted octanol–water partition coefficient (Wildman–Crippen LogP) is 4.79. The van der Waals surface area contributed by atoms with Gasteiger partial charge in [-0.1, -0.05) is 42.5 Å². The summed E-state index contributed by atoms with van der Waals surface area (Å²) in [4.78, 5) is 24.2. The molecule has 0 atom stereocenters. The molecule has 0 saturated carbocycles. The summed E-state index contributed by atoms with van der Waals surface area (Å²) >= 11 is 11.6. The normalized spacial score (nSPS) is 18.4. The molecule has 0 bridgehead atoms. The number of fused-ring (bicyclic) bond motifs is 2. The van der Waals surface area contributed by atoms with E-state index in [0.717, 1.165) is 103 Å². The van der Waals surface area contributed by atoms with E-state index in [4.69, 9.17) is 29.3 Å². The maximum absolute atomic E-state index is 6.53. The van der Waals surface area contributed by atoms with Gasteiger partial charge in [0.15, 0.2) is 16.0 Å². The van der Waals surface area contributed by atoms with E-state index in [-0.39, 0.29) is 0 Å². The number of nitrogens with zero attached hydrogens (tertiary/aromatic N) is 7. The molecule has 11 nitrogen and oxygen atoms in total. The second kappa shape index (κ2) is 14.8. The molecule has 2 saturated heterocycles. The third kappa shape index (κ3) is 7.26. The number of anilines is 4. The molecule has 4 aliphatic rings. The number of hydrogen-bond acceptors (Lipinski definition) is 9. The van der Waals surface area contributed by atoms with Gasteiger partial charge in [0.2, 0.25) is 0 Å². The maximum Gasteiger partial charge on any atom is 0.173 e. The molecule has 3 aromatic carbocycles. The molecule has 51 heavy (non-hydrogen) atoms. The van der Waals surface area contributed by atoms with Crippen molar-refractivity contribution in [1.82, 2.24) is 30.4 Å². The van der Waals surface area contributed by atoms with Crippen LogP contribution in [0.15, 0.2) is 104 Å². The molecule has 4 aromatic rings. The van der Waals surface area contributed by atoms with Crippen LogP contribution in [-0.2, 0) is 0 Å². The second-order valence-electron chi connectivity index (χ2n) is 12.8. The first-order valence-corrected chi connectivity index (χ1v) is 18.1. The molecule has 0 radical (unpaired) electrons. The minimum absolute atomic E-state index is 0.598. The Kier molecular flexibility index (Phi) is 9.54. The molecule has 13 heteroatoms. The van der Waals surface area contributed by atoms with Crippen molar-refractivity contribution in [3.05, 3.63) is 115 Å². The van der Waals surface area contributed by atoms with Crippen molar-refractivity contribution in [3.8, 4) is 5.75 Å². The third-order valence-electron chi connectivity index (χ3n) is 9.72. The zero-order valence-corrected chi connectivity index (χ0v) is 29.9. The van der Waals surface area contributed by atoms with Gasteiger partial charge in [0.1, 0.15) is 5.82 Å². The van der Waals surface area contributed by atoms with Crippen LogP contribution in [0.1, 0.15) is 11.1 Å². The van der Waals surface area contributed by atoms with Crippen LogP contribution in [0.25, 0.3) is 11.1 Å². The van der Waals surface area contributed by atoms with Crippen LogP contribution in [0.3, 0.4) is 0 Å². The molecule has 0 unspecified atom stereocenters. The lowest BCUT2D eigenvalue weighted by Crippen LogP contribution is -2.51. The quantitative estimate of drug-likeness (QED) is 0.240. The zero-order valence-electron chi connectivity index (χ0n) is 28.2. The van der Waals surface area contributed by atoms with E-state index >= 15 is 0 Å². The first-order valence-electron chi connectivity index (χ1n) is 17.3. The summed E-state index contributed by atoms with van der Waals surface area (Å²) < 4.78 is 0. The van der Waals surface area contributed by atoms with Gasteiger partial charge in [-0.3, -0.25) is 4.98 Å². The Labute approximate surface area is 309 Å². The van der Waals surface area contributed by atoms with Gasteiger partial charge in [0.25, 0.3) is 0 Å². The summed E-state index contributed by atoms with van der Waals surface area (Å²) in [6.45, 7) is 8.14. The smallest absolute Gasteiger partial charge is 0.173 e. The fourth-order valence-corrected chi connectivity index (χ4v) is 7.41. The Morgan fingerprint density at radius 2 is 1.41 bits per heavy atom. The van der Waals surface area contributed by atoms with Crippen molar-refractivity contribution in [2.24, 2.45) is 0 Å². The second-order valence-corrected chi connectivity index (χ2v) is 13.6. The lowest BCUT2D eigenvalue weighted by molar-refractivity contribution is 0.296. The molecule has 5 heterocycles. The minimum atomic E-state index is 0.598. The van der Waals surface area contributed by atoms with Gasteiger partial charge in [-0.2, -0.15) is 0 Å². The van der Waals surface area contributed by atoms with Crippen molar-refractivity contribution in [2.45, 2.75) is 0 Å². The van der Waals surface area contributed by atoms with Gasteiger partial charge in [0.05, 0.1) is 18.4 Å². The Morgan fingerprint density at radius 1 is 0.725 bits per heavy atom. The topological polar surface area (TPSA) is 87.3 Å². The Balaban J connectivity index is 0.850. The van der Waals surface area contributed by atoms with E-state index in [1.165, 1.54) is 16.8 Å². The molecule has 4 aliphatic heterocycles. The summed E-state index contributed by atoms with van der Waals surface area (Å²) in [5.41, 5.74) is 8.02. The number of thiocarbonyl (C=S) groups is 2. The molecular weight excluding hydrogens is 677 g/mol. The van der Waals surface area contributed by atoms with E-state index in [1.54, 1.807) is 12.4 Å². The van der Waals surface area contributed by atoms with E-state index in [0.29, 0.717) is 6.54 Å². The fourth-order valence-electron chi connectivity index (χ4n) is 6.93. The number of hydrogen-bond donors (Lipinski definition) is 3. The molecule has 1 aromatic heterocycles. The molecule has 260 valence electrons. The number of piperazine rings is 2. The molecule has 0 aliphatic carbocycles. The summed E-state index contributed by atoms with van der Waals surface area (Å²) in [5.74, 6) is 1.70. The first-order chi connectivity index (χ1) is 25.1. The highest BCUT2D eigenvalue weighted by molar-refractivity contribution is 7.80. The number of nitrogens with one attached hydrogen (secondary N) is 3. The molecule has 2 fully saturated rings. The summed E-state index contributed by atoms with van der Waals surface area (Å²) in [6, 6.07) is 25.0. The summed E-state index contributed by atoms with van der Waals surface area (Å²) in [5, 5.41) is 13.7. The largest absolute Gasteiger partial charge is 0.380 e. The van der Waals surface area contributed by atoms with Crippen molar-refractivity contribution < 1.29 is 4.84 Å². The lowest BCUT2D eigenvalue weighted by atomic mass is 10.1. The highest BCUT2D eigenvalue weighted by Crippen LogP contribution is 2.36. The fraction of sp³-hybridized carbons (Fsp3) is 0.263. The average molecular weight is 717 g/mol. The van der Waals surface area contributed by atoms with Crippen LogP contribution < -0.4 is 35.7 Å². The zero-order chi connectivity index (χ0) is 34.6. The highest BCUT2D eigenvalue weighted by atomic mass is 32.1. The van der Waals surface area contributed by atoms with Crippen LogP contribution >= 0.6 is 24.4 Å². The van der Waals surface area contributed by atoms with E-state index < -0.39 is 0 Å². The number of aromatic nitrogens is 2. The Hall–Kier alpha value is -5.40. The van der Waals surface area contributed by atoms with Gasteiger partial charge in [-0.05, 0) is 54.3 Å². The molecule has 0 amide bonds. The van der Waals surface area contributed by atoms with Crippen LogP contribution in [0.2, 0.25) is 0 Å². The monoisotopic (exact) mass is 716 g/mol. The van der Waals surface area contributed by atoms with Crippen molar-refractivity contribution in [2.75, 3.05) is 85.6 Å². The van der Waals surface area contributed by atoms with Crippen LogP contribution in [-0.4, -0.2) is 95.4 Å². The molecule has 3 N–H and O–H groups in total. The number of rotatable bonds is 6. The van der Waals surface area contributed by atoms with Crippen LogP contribution in [0, 0.1) is 0 Å². The first kappa shape index (κ1) is 32.8. The van der Waals surface area contributed by atoms with Gasteiger partial charge in [0, 0.05) is 118 Å². The van der Waals surface area contributed by atoms with Crippen molar-refractivity contribution >= 4 is 68.7 Å². The number of hydroxylamine groups is 1. The van der Waals surface area contributed by atoms with Crippen LogP contribution in [0.5, 0.6) is 5.75 Å². The van der Waals surface area contributed by atoms with Crippen molar-refractivity contribution in [3.63, 3.8) is 0 Å². The van der Waals surface area contributed by atoms with Gasteiger partial charge in [-0.25, -0.2) is 10.0 Å². The Bertz CT molecular complexity index is 1960. The maximum atomic E-state index is 6.53. The summed E-state index contributed by atoms with van der Waals surface area (Å²) in [7, 11) is 0. The Morgan fingerprint density at radius 3 is 2.16 bits per heavy atom. The molecule has 8 rings (SSSR count). The molecular formula is C38H40N10OS2. The van der Waals surface area contributed by atoms with E-state index in [9.17, 15) is 0 Å². The number of para-hydroxylation sites is 2. The minimum Gasteiger partial charge on any atom is -0.380 e. The average Bonchev–Trinajstić information content (AvgIpc) is 3.77.